The molecule has 2 aliphatic heterocycles. The number of allylic oxidation sites excluding steroid dienone is 2. The Kier molecular flexibility index (Phi) is 6.56. The number of carbonyl (C=O) groups excluding carboxylic acids is 1. The Labute approximate surface area is 161 Å². The van der Waals surface area contributed by atoms with E-state index in [1.165, 1.54) is 6.42 Å². The number of ether oxygens (including phenoxy) is 1. The number of thiocarbonyl (C=S) groups is 1. The fourth-order valence-electron chi connectivity index (χ4n) is 3.37. The first-order valence-electron chi connectivity index (χ1n) is 9.45. The number of unbranched alkanes of at least 4 members (excludes halogenated alkanes) is 1. The van der Waals surface area contributed by atoms with E-state index in [1.54, 1.807) is 4.90 Å². The van der Waals surface area contributed by atoms with Crippen molar-refractivity contribution >= 4 is 28.9 Å². The molecule has 0 aromatic carbocycles. The van der Waals surface area contributed by atoms with Gasteiger partial charge in [-0.1, -0.05) is 13.3 Å². The van der Waals surface area contributed by atoms with Crippen molar-refractivity contribution in [3.63, 3.8) is 0 Å². The number of likely N-dealkylation sites (N-methyl/N-ethyl adjacent to an activating group) is 1. The van der Waals surface area contributed by atoms with Crippen molar-refractivity contribution < 1.29 is 9.53 Å². The number of hydrogen-bond donors (Lipinski definition) is 0. The normalized spacial score (nSPS) is 23.3. The second kappa shape index (κ2) is 8.88. The highest BCUT2D eigenvalue weighted by molar-refractivity contribution is 7.80. The van der Waals surface area contributed by atoms with Crippen LogP contribution in [-0.4, -0.2) is 84.4 Å². The highest BCUT2D eigenvalue weighted by Crippen LogP contribution is 2.24. The van der Waals surface area contributed by atoms with Gasteiger partial charge < -0.3 is 14.5 Å². The number of rotatable bonds is 7. The van der Waals surface area contributed by atoms with E-state index in [1.807, 2.05) is 18.2 Å². The quantitative estimate of drug-likeness (QED) is 0.633. The maximum atomic E-state index is 13.0. The zero-order chi connectivity index (χ0) is 18.5. The van der Waals surface area contributed by atoms with Crippen molar-refractivity contribution in [3.05, 3.63) is 23.9 Å². The Morgan fingerprint density at radius 1 is 1.31 bits per heavy atom. The molecule has 1 atom stereocenters. The van der Waals surface area contributed by atoms with Crippen molar-refractivity contribution in [2.24, 2.45) is 10.9 Å². The predicted octanol–water partition coefficient (Wildman–Crippen LogP) is 1.69. The Morgan fingerprint density at radius 3 is 2.81 bits per heavy atom. The molecule has 0 N–H and O–H groups in total. The number of fused-ring (bicyclic) bond motifs is 1. The summed E-state index contributed by atoms with van der Waals surface area (Å²) in [6, 6.07) is 0. The van der Waals surface area contributed by atoms with Crippen molar-refractivity contribution in [1.29, 1.82) is 0 Å². The molecule has 3 aliphatic rings. The van der Waals surface area contributed by atoms with Crippen LogP contribution in [0, 0.1) is 5.92 Å². The number of amides is 1. The van der Waals surface area contributed by atoms with Gasteiger partial charge in [0.2, 0.25) is 11.0 Å². The summed E-state index contributed by atoms with van der Waals surface area (Å²) in [4.78, 5) is 23.7. The zero-order valence-corrected chi connectivity index (χ0v) is 16.5. The molecule has 0 spiro atoms. The summed E-state index contributed by atoms with van der Waals surface area (Å²) in [6.07, 6.45) is 8.33. The summed E-state index contributed by atoms with van der Waals surface area (Å²) in [6.45, 7) is 7.78. The molecular weight excluding hydrogens is 348 g/mol. The van der Waals surface area contributed by atoms with Crippen LogP contribution < -0.4 is 0 Å². The van der Waals surface area contributed by atoms with Gasteiger partial charge in [0, 0.05) is 31.9 Å². The lowest BCUT2D eigenvalue weighted by atomic mass is 9.93. The third kappa shape index (κ3) is 4.39. The lowest BCUT2D eigenvalue weighted by molar-refractivity contribution is -0.128. The van der Waals surface area contributed by atoms with Crippen LogP contribution in [0.25, 0.3) is 0 Å². The van der Waals surface area contributed by atoms with Crippen LogP contribution in [0.15, 0.2) is 28.9 Å². The molecule has 0 aromatic heterocycles. The second-order valence-electron chi connectivity index (χ2n) is 6.97. The Balaban J connectivity index is 1.67. The van der Waals surface area contributed by atoms with Gasteiger partial charge in [-0.15, -0.1) is 0 Å². The van der Waals surface area contributed by atoms with E-state index in [9.17, 15) is 4.79 Å². The highest BCUT2D eigenvalue weighted by Gasteiger charge is 2.35. The smallest absolute Gasteiger partial charge is 0.241 e. The Bertz CT molecular complexity index is 637. The number of aliphatic imine (C=N–C) groups is 1. The standard InChI is InChI=1S/C19H28N4O2S/c1-3-4-7-21(2)8-9-23-18(24)16-14-15(22-10-12-25-13-11-22)5-6-17(16)20-19(23)26/h5-6,14,16H,3-4,7-13H2,1-2H3. The van der Waals surface area contributed by atoms with E-state index < -0.39 is 0 Å². The van der Waals surface area contributed by atoms with Crippen LogP contribution in [0.3, 0.4) is 0 Å². The summed E-state index contributed by atoms with van der Waals surface area (Å²) in [5.41, 5.74) is 1.84. The van der Waals surface area contributed by atoms with Gasteiger partial charge in [0.15, 0.2) is 0 Å². The third-order valence-corrected chi connectivity index (χ3v) is 5.36. The molecule has 1 aliphatic carbocycles. The molecule has 26 heavy (non-hydrogen) atoms. The minimum atomic E-state index is -0.328. The molecular formula is C19H28N4O2S. The number of nitrogens with zero attached hydrogens (tertiary/aromatic N) is 4. The summed E-state index contributed by atoms with van der Waals surface area (Å²) >= 11 is 5.38. The molecule has 1 unspecified atom stereocenters. The summed E-state index contributed by atoms with van der Waals surface area (Å²) < 4.78 is 5.42. The maximum absolute atomic E-state index is 13.0. The average Bonchev–Trinajstić information content (AvgIpc) is 2.66. The van der Waals surface area contributed by atoms with E-state index in [-0.39, 0.29) is 11.8 Å². The molecule has 6 nitrogen and oxygen atoms in total. The van der Waals surface area contributed by atoms with E-state index in [0.717, 1.165) is 57.2 Å². The van der Waals surface area contributed by atoms with E-state index in [0.29, 0.717) is 11.7 Å². The first-order valence-corrected chi connectivity index (χ1v) is 9.86. The first-order chi connectivity index (χ1) is 12.6. The second-order valence-corrected chi connectivity index (χ2v) is 7.33. The molecule has 0 radical (unpaired) electrons. The number of carbonyl (C=O) groups is 1. The molecule has 0 bridgehead atoms. The van der Waals surface area contributed by atoms with Gasteiger partial charge in [0.05, 0.1) is 18.9 Å². The highest BCUT2D eigenvalue weighted by atomic mass is 32.1. The maximum Gasteiger partial charge on any atom is 0.241 e. The van der Waals surface area contributed by atoms with E-state index >= 15 is 0 Å². The van der Waals surface area contributed by atoms with Crippen molar-refractivity contribution in [2.45, 2.75) is 19.8 Å². The van der Waals surface area contributed by atoms with Crippen LogP contribution in [0.2, 0.25) is 0 Å². The topological polar surface area (TPSA) is 48.4 Å². The van der Waals surface area contributed by atoms with Gasteiger partial charge in [-0.05, 0) is 50.5 Å². The van der Waals surface area contributed by atoms with Gasteiger partial charge in [-0.25, -0.2) is 4.99 Å². The molecule has 3 rings (SSSR count). The van der Waals surface area contributed by atoms with Crippen LogP contribution in [0.1, 0.15) is 19.8 Å². The third-order valence-electron chi connectivity index (χ3n) is 5.04. The van der Waals surface area contributed by atoms with E-state index in [2.05, 4.69) is 28.8 Å². The van der Waals surface area contributed by atoms with Crippen molar-refractivity contribution in [1.82, 2.24) is 14.7 Å². The monoisotopic (exact) mass is 376 g/mol. The van der Waals surface area contributed by atoms with Gasteiger partial charge in [-0.3, -0.25) is 9.69 Å². The van der Waals surface area contributed by atoms with E-state index in [4.69, 9.17) is 17.0 Å². The summed E-state index contributed by atoms with van der Waals surface area (Å²) in [5, 5.41) is 0.387. The summed E-state index contributed by atoms with van der Waals surface area (Å²) in [7, 11) is 2.08. The first kappa shape index (κ1) is 19.2. The SMILES string of the molecule is CCCCN(C)CCN1C(=O)C2C=C(N3CCOCC3)C=CC2=NC1=S. The Hall–Kier alpha value is -1.57. The molecule has 7 heteroatoms. The van der Waals surface area contributed by atoms with Crippen molar-refractivity contribution in [2.75, 3.05) is 53.0 Å². The number of hydrogen-bond acceptors (Lipinski definition) is 5. The average molecular weight is 377 g/mol. The molecule has 142 valence electrons. The Morgan fingerprint density at radius 2 is 2.08 bits per heavy atom. The van der Waals surface area contributed by atoms with Crippen LogP contribution in [-0.2, 0) is 9.53 Å². The molecule has 1 saturated heterocycles. The lowest BCUT2D eigenvalue weighted by Crippen LogP contribution is -2.49. The predicted molar refractivity (Wildman–Crippen MR) is 107 cm³/mol. The van der Waals surface area contributed by atoms with Gasteiger partial charge in [-0.2, -0.15) is 0 Å². The minimum Gasteiger partial charge on any atom is -0.378 e. The van der Waals surface area contributed by atoms with Crippen molar-refractivity contribution in [3.8, 4) is 0 Å². The zero-order valence-electron chi connectivity index (χ0n) is 15.7. The molecule has 2 heterocycles. The fourth-order valence-corrected chi connectivity index (χ4v) is 3.66. The lowest BCUT2D eigenvalue weighted by Gasteiger charge is -2.35. The van der Waals surface area contributed by atoms with Gasteiger partial charge >= 0.3 is 0 Å². The summed E-state index contributed by atoms with van der Waals surface area (Å²) in [5.74, 6) is -0.288. The molecule has 1 amide bonds. The van der Waals surface area contributed by atoms with Crippen LogP contribution >= 0.6 is 12.2 Å². The van der Waals surface area contributed by atoms with Gasteiger partial charge in [0.25, 0.3) is 0 Å². The molecule has 0 aromatic rings. The van der Waals surface area contributed by atoms with Crippen LogP contribution in [0.5, 0.6) is 0 Å². The molecule has 0 saturated carbocycles. The molecule has 1 fully saturated rings. The van der Waals surface area contributed by atoms with Gasteiger partial charge in [0.1, 0.15) is 5.92 Å². The minimum absolute atomic E-state index is 0.0407. The number of morpholine rings is 1. The fraction of sp³-hybridized carbons (Fsp3) is 0.632. The van der Waals surface area contributed by atoms with Crippen LogP contribution in [0.4, 0.5) is 0 Å². The largest absolute Gasteiger partial charge is 0.378 e.